The lowest BCUT2D eigenvalue weighted by atomic mass is 10.2. The molecule has 0 fully saturated rings. The Kier molecular flexibility index (Phi) is 6.85. The number of nitrogens with zero attached hydrogens (tertiary/aromatic N) is 2. The number of amides is 1. The van der Waals surface area contributed by atoms with Gasteiger partial charge in [0.2, 0.25) is 5.91 Å². The number of rotatable bonds is 7. The average molecular weight is 295 g/mol. The van der Waals surface area contributed by atoms with Crippen LogP contribution in [-0.2, 0) is 4.79 Å². The molecule has 1 aromatic carbocycles. The van der Waals surface area contributed by atoms with Gasteiger partial charge < -0.3 is 16.0 Å². The molecule has 5 nitrogen and oxygen atoms in total. The Labute approximate surface area is 124 Å². The maximum atomic E-state index is 11.8. The van der Waals surface area contributed by atoms with Crippen molar-refractivity contribution in [1.29, 1.82) is 5.26 Å². The highest BCUT2D eigenvalue weighted by molar-refractivity contribution is 6.33. The molecule has 1 amide bonds. The lowest BCUT2D eigenvalue weighted by Gasteiger charge is -2.18. The van der Waals surface area contributed by atoms with E-state index in [0.717, 1.165) is 6.54 Å². The molecule has 0 aromatic heterocycles. The van der Waals surface area contributed by atoms with Crippen molar-refractivity contribution < 1.29 is 4.79 Å². The van der Waals surface area contributed by atoms with Crippen LogP contribution in [0.4, 0.5) is 11.4 Å². The molecule has 0 spiro atoms. The zero-order valence-corrected chi connectivity index (χ0v) is 12.3. The van der Waals surface area contributed by atoms with Crippen LogP contribution >= 0.6 is 11.6 Å². The van der Waals surface area contributed by atoms with Crippen LogP contribution in [0, 0.1) is 11.3 Å². The minimum absolute atomic E-state index is 0.0814. The third kappa shape index (κ3) is 5.47. The smallest absolute Gasteiger partial charge is 0.225 e. The molecule has 0 aliphatic carbocycles. The van der Waals surface area contributed by atoms with Crippen molar-refractivity contribution in [3.05, 3.63) is 23.2 Å². The highest BCUT2D eigenvalue weighted by atomic mass is 35.5. The van der Waals surface area contributed by atoms with Gasteiger partial charge in [0.1, 0.15) is 0 Å². The summed E-state index contributed by atoms with van der Waals surface area (Å²) in [6, 6.07) is 7.10. The van der Waals surface area contributed by atoms with Crippen LogP contribution in [-0.4, -0.2) is 30.4 Å². The predicted octanol–water partition coefficient (Wildman–Crippen LogP) is 2.49. The number of halogens is 1. The number of benzene rings is 1. The summed E-state index contributed by atoms with van der Waals surface area (Å²) in [4.78, 5) is 13.9. The number of nitrogens with one attached hydrogen (secondary N) is 1. The maximum Gasteiger partial charge on any atom is 0.225 e. The maximum absolute atomic E-state index is 11.8. The van der Waals surface area contributed by atoms with Gasteiger partial charge >= 0.3 is 0 Å². The van der Waals surface area contributed by atoms with Gasteiger partial charge in [-0.2, -0.15) is 5.26 Å². The zero-order chi connectivity index (χ0) is 15.0. The Hall–Kier alpha value is -1.77. The second kappa shape index (κ2) is 8.41. The van der Waals surface area contributed by atoms with E-state index in [1.807, 2.05) is 6.92 Å². The van der Waals surface area contributed by atoms with E-state index in [0.29, 0.717) is 42.3 Å². The molecule has 1 rings (SSSR count). The standard InChI is InChI=1S/C14H19ClN4O/c1-2-19(8-3-7-16)9-6-14(20)18-11-4-5-12(15)13(17)10-11/h4-5,10H,2-3,6,8-9,17H2,1H3,(H,18,20). The van der Waals surface area contributed by atoms with E-state index in [9.17, 15) is 4.79 Å². The van der Waals surface area contributed by atoms with Crippen molar-refractivity contribution in [3.63, 3.8) is 0 Å². The Balaban J connectivity index is 2.43. The first-order chi connectivity index (χ1) is 9.56. The number of anilines is 2. The predicted molar refractivity (Wildman–Crippen MR) is 81.5 cm³/mol. The molecule has 1 aromatic rings. The van der Waals surface area contributed by atoms with Gasteiger partial charge in [-0.3, -0.25) is 4.79 Å². The van der Waals surface area contributed by atoms with Gasteiger partial charge in [0.15, 0.2) is 0 Å². The van der Waals surface area contributed by atoms with Crippen molar-refractivity contribution in [2.75, 3.05) is 30.7 Å². The molecular formula is C14H19ClN4O. The fourth-order valence-electron chi connectivity index (χ4n) is 1.74. The molecule has 3 N–H and O–H groups in total. The number of hydrogen-bond donors (Lipinski definition) is 2. The summed E-state index contributed by atoms with van der Waals surface area (Å²) in [6.07, 6.45) is 0.852. The summed E-state index contributed by atoms with van der Waals surface area (Å²) in [7, 11) is 0. The van der Waals surface area contributed by atoms with E-state index in [-0.39, 0.29) is 5.91 Å². The van der Waals surface area contributed by atoms with E-state index in [4.69, 9.17) is 22.6 Å². The number of nitrogens with two attached hydrogens (primary N) is 1. The van der Waals surface area contributed by atoms with Crippen molar-refractivity contribution in [1.82, 2.24) is 4.90 Å². The number of nitrogen functional groups attached to an aromatic ring is 1. The molecule has 0 atom stereocenters. The van der Waals surface area contributed by atoms with Crippen molar-refractivity contribution in [2.45, 2.75) is 19.8 Å². The normalized spacial score (nSPS) is 10.3. The Morgan fingerprint density at radius 1 is 1.50 bits per heavy atom. The average Bonchev–Trinajstić information content (AvgIpc) is 2.43. The molecule has 6 heteroatoms. The third-order valence-corrected chi connectivity index (χ3v) is 3.27. The molecule has 0 unspecified atom stereocenters. The van der Waals surface area contributed by atoms with Crippen LogP contribution in [0.5, 0.6) is 0 Å². The summed E-state index contributed by atoms with van der Waals surface area (Å²) >= 11 is 5.82. The first-order valence-electron chi connectivity index (χ1n) is 6.51. The third-order valence-electron chi connectivity index (χ3n) is 2.92. The monoisotopic (exact) mass is 294 g/mol. The molecule has 0 radical (unpaired) electrons. The first kappa shape index (κ1) is 16.3. The van der Waals surface area contributed by atoms with Gasteiger partial charge in [-0.25, -0.2) is 0 Å². The van der Waals surface area contributed by atoms with Crippen LogP contribution in [0.15, 0.2) is 18.2 Å². The van der Waals surface area contributed by atoms with Crippen molar-refractivity contribution in [2.24, 2.45) is 0 Å². The summed E-state index contributed by atoms with van der Waals surface area (Å²) in [5.74, 6) is -0.0814. The summed E-state index contributed by atoms with van der Waals surface area (Å²) < 4.78 is 0. The van der Waals surface area contributed by atoms with Crippen molar-refractivity contribution in [3.8, 4) is 6.07 Å². The Bertz CT molecular complexity index is 498. The number of nitriles is 1. The van der Waals surface area contributed by atoms with Crippen LogP contribution in [0.25, 0.3) is 0 Å². The van der Waals surface area contributed by atoms with Gasteiger partial charge in [0, 0.05) is 31.6 Å². The van der Waals surface area contributed by atoms with Crippen LogP contribution in [0.1, 0.15) is 19.8 Å². The molecule has 108 valence electrons. The molecule has 0 bridgehead atoms. The molecule has 0 heterocycles. The van der Waals surface area contributed by atoms with E-state index in [2.05, 4.69) is 16.3 Å². The van der Waals surface area contributed by atoms with Crippen LogP contribution in [0.3, 0.4) is 0 Å². The van der Waals surface area contributed by atoms with Gasteiger partial charge in [0.05, 0.1) is 16.8 Å². The fraction of sp³-hybridized carbons (Fsp3) is 0.429. The molecule has 0 saturated carbocycles. The highest BCUT2D eigenvalue weighted by Crippen LogP contribution is 2.22. The highest BCUT2D eigenvalue weighted by Gasteiger charge is 2.07. The second-order valence-corrected chi connectivity index (χ2v) is 4.78. The lowest BCUT2D eigenvalue weighted by molar-refractivity contribution is -0.116. The number of carbonyl (C=O) groups excluding carboxylic acids is 1. The zero-order valence-electron chi connectivity index (χ0n) is 11.5. The molecular weight excluding hydrogens is 276 g/mol. The Morgan fingerprint density at radius 3 is 2.85 bits per heavy atom. The topological polar surface area (TPSA) is 82.2 Å². The lowest BCUT2D eigenvalue weighted by Crippen LogP contribution is -2.28. The van der Waals surface area contributed by atoms with Gasteiger partial charge in [-0.15, -0.1) is 0 Å². The fourth-order valence-corrected chi connectivity index (χ4v) is 1.86. The minimum atomic E-state index is -0.0814. The second-order valence-electron chi connectivity index (χ2n) is 4.38. The number of hydrogen-bond acceptors (Lipinski definition) is 4. The summed E-state index contributed by atoms with van der Waals surface area (Å²) in [5.41, 5.74) is 6.75. The van der Waals surface area contributed by atoms with Gasteiger partial charge in [-0.1, -0.05) is 18.5 Å². The SMILES string of the molecule is CCN(CCC#N)CCC(=O)Nc1ccc(Cl)c(N)c1. The van der Waals surface area contributed by atoms with E-state index >= 15 is 0 Å². The van der Waals surface area contributed by atoms with E-state index in [1.54, 1.807) is 18.2 Å². The quantitative estimate of drug-likeness (QED) is 0.757. The van der Waals surface area contributed by atoms with E-state index in [1.165, 1.54) is 0 Å². The molecule has 20 heavy (non-hydrogen) atoms. The minimum Gasteiger partial charge on any atom is -0.397 e. The summed E-state index contributed by atoms with van der Waals surface area (Å²) in [6.45, 7) is 4.15. The van der Waals surface area contributed by atoms with E-state index < -0.39 is 0 Å². The molecule has 0 aliphatic heterocycles. The van der Waals surface area contributed by atoms with Crippen LogP contribution in [0.2, 0.25) is 5.02 Å². The largest absolute Gasteiger partial charge is 0.397 e. The van der Waals surface area contributed by atoms with Gasteiger partial charge in [-0.05, 0) is 24.7 Å². The Morgan fingerprint density at radius 2 is 2.25 bits per heavy atom. The molecule has 0 aliphatic rings. The molecule has 0 saturated heterocycles. The first-order valence-corrected chi connectivity index (χ1v) is 6.88. The summed E-state index contributed by atoms with van der Waals surface area (Å²) in [5, 5.41) is 11.8. The van der Waals surface area contributed by atoms with Crippen molar-refractivity contribution >= 4 is 28.9 Å². The number of carbonyl (C=O) groups is 1. The van der Waals surface area contributed by atoms with Crippen LogP contribution < -0.4 is 11.1 Å². The van der Waals surface area contributed by atoms with Gasteiger partial charge in [0.25, 0.3) is 0 Å².